The first-order chi connectivity index (χ1) is 4.15. The molecule has 0 aliphatic rings. The molecule has 0 aromatic heterocycles. The zero-order valence-corrected chi connectivity index (χ0v) is 8.92. The summed E-state index contributed by atoms with van der Waals surface area (Å²) in [6, 6.07) is 0. The van der Waals surface area contributed by atoms with E-state index in [0.29, 0.717) is 0 Å². The predicted molar refractivity (Wildman–Crippen MR) is 52.7 cm³/mol. The van der Waals surface area contributed by atoms with Gasteiger partial charge in [0, 0.05) is 9.49 Å². The van der Waals surface area contributed by atoms with Crippen molar-refractivity contribution in [3.63, 3.8) is 0 Å². The summed E-state index contributed by atoms with van der Waals surface area (Å²) in [5.74, 6) is 0. The highest BCUT2D eigenvalue weighted by atomic mass is 32.2. The molecule has 10 heavy (non-hydrogen) atoms. The highest BCUT2D eigenvalue weighted by molar-refractivity contribution is 8.17. The third-order valence-electron chi connectivity index (χ3n) is 1.45. The Morgan fingerprint density at radius 2 is 1.00 bits per heavy atom. The third kappa shape index (κ3) is 2.93. The Hall–Kier alpha value is 0.310. The quantitative estimate of drug-likeness (QED) is 0.527. The van der Waals surface area contributed by atoms with Crippen molar-refractivity contribution in [3.05, 3.63) is 0 Å². The molecule has 0 saturated carbocycles. The van der Waals surface area contributed by atoms with E-state index in [2.05, 4.69) is 41.5 Å². The zero-order chi connectivity index (χ0) is 8.58. The number of nitrogens with two attached hydrogens (primary N) is 1. The van der Waals surface area contributed by atoms with Crippen LogP contribution in [0.4, 0.5) is 0 Å². The van der Waals surface area contributed by atoms with E-state index in [9.17, 15) is 0 Å². The molecule has 2 heteroatoms. The van der Waals surface area contributed by atoms with Crippen molar-refractivity contribution in [2.75, 3.05) is 0 Å². The predicted octanol–water partition coefficient (Wildman–Crippen LogP) is 2.46. The fraction of sp³-hybridized carbons (Fsp3) is 1.00. The fourth-order valence-corrected chi connectivity index (χ4v) is 3.02. The van der Waals surface area contributed by atoms with Crippen LogP contribution in [-0.4, -0.2) is 9.49 Å². The van der Waals surface area contributed by atoms with Gasteiger partial charge in [0.1, 0.15) is 0 Å². The third-order valence-corrected chi connectivity index (χ3v) is 4.34. The van der Waals surface area contributed by atoms with Gasteiger partial charge in [-0.15, -0.1) is 0 Å². The molecular weight excluding hydrogens is 142 g/mol. The van der Waals surface area contributed by atoms with Gasteiger partial charge in [-0.2, -0.15) is 11.1 Å². The number of rotatable bonds is 0. The van der Waals surface area contributed by atoms with Crippen molar-refractivity contribution < 1.29 is 0 Å². The molecule has 0 fully saturated rings. The van der Waals surface area contributed by atoms with E-state index in [1.165, 1.54) is 0 Å². The number of hydrogen-bond acceptors (Lipinski definition) is 1. The first-order valence-corrected chi connectivity index (χ1v) is 5.12. The van der Waals surface area contributed by atoms with Crippen molar-refractivity contribution in [1.29, 1.82) is 0 Å². The standard InChI is InChI=1S/C8H21NS/c1-7(2,3)10(9)8(4,5)6/h10H,9H2,1-6H3. The van der Waals surface area contributed by atoms with Crippen LogP contribution >= 0.6 is 11.1 Å². The Kier molecular flexibility index (Phi) is 2.83. The van der Waals surface area contributed by atoms with E-state index in [1.807, 2.05) is 0 Å². The van der Waals surface area contributed by atoms with E-state index in [-0.39, 0.29) is 20.6 Å². The topological polar surface area (TPSA) is 26.0 Å². The second-order valence-electron chi connectivity index (χ2n) is 4.71. The minimum Gasteiger partial charge on any atom is -0.296 e. The lowest BCUT2D eigenvalue weighted by atomic mass is 10.2. The summed E-state index contributed by atoms with van der Waals surface area (Å²) in [5.41, 5.74) is 0. The van der Waals surface area contributed by atoms with Gasteiger partial charge in [0.15, 0.2) is 0 Å². The molecule has 0 heterocycles. The molecule has 0 aromatic rings. The Labute approximate surface area is 67.9 Å². The SMILES string of the molecule is CC(C)(C)[SH](N)C(C)(C)C. The lowest BCUT2D eigenvalue weighted by Crippen LogP contribution is -2.32. The largest absolute Gasteiger partial charge is 0.296 e. The zero-order valence-electron chi connectivity index (χ0n) is 8.02. The van der Waals surface area contributed by atoms with Crippen LogP contribution in [0, 0.1) is 0 Å². The Morgan fingerprint density at radius 3 is 1.00 bits per heavy atom. The summed E-state index contributed by atoms with van der Waals surface area (Å²) in [5, 5.41) is 6.09. The van der Waals surface area contributed by atoms with Gasteiger partial charge in [0.25, 0.3) is 0 Å². The molecule has 64 valence electrons. The van der Waals surface area contributed by atoms with E-state index < -0.39 is 0 Å². The van der Waals surface area contributed by atoms with E-state index >= 15 is 0 Å². The molecular formula is C8H21NS. The molecule has 0 bridgehead atoms. The van der Waals surface area contributed by atoms with Crippen LogP contribution in [0.2, 0.25) is 0 Å². The van der Waals surface area contributed by atoms with Crippen molar-refractivity contribution in [1.82, 2.24) is 0 Å². The first kappa shape index (κ1) is 10.3. The van der Waals surface area contributed by atoms with Gasteiger partial charge in [-0.05, 0) is 0 Å². The maximum Gasteiger partial charge on any atom is 0.000959 e. The van der Waals surface area contributed by atoms with Gasteiger partial charge < -0.3 is 0 Å². The van der Waals surface area contributed by atoms with Crippen LogP contribution in [0.25, 0.3) is 0 Å². The van der Waals surface area contributed by atoms with Crippen LogP contribution in [0.1, 0.15) is 41.5 Å². The first-order valence-electron chi connectivity index (χ1n) is 3.71. The van der Waals surface area contributed by atoms with Gasteiger partial charge in [0.05, 0.1) is 0 Å². The molecule has 0 aliphatic carbocycles. The van der Waals surface area contributed by atoms with E-state index in [4.69, 9.17) is 5.14 Å². The summed E-state index contributed by atoms with van der Waals surface area (Å²) in [6.07, 6.45) is 0. The normalized spacial score (nSPS) is 15.3. The second-order valence-corrected chi connectivity index (χ2v) is 8.13. The summed E-state index contributed by atoms with van der Waals surface area (Å²) < 4.78 is 0.571. The maximum absolute atomic E-state index is 6.09. The molecule has 0 amide bonds. The van der Waals surface area contributed by atoms with Gasteiger partial charge in [-0.3, -0.25) is 5.14 Å². The summed E-state index contributed by atoms with van der Waals surface area (Å²) >= 11 is -0.363. The van der Waals surface area contributed by atoms with Crippen molar-refractivity contribution in [3.8, 4) is 0 Å². The Balaban J connectivity index is 4.23. The monoisotopic (exact) mass is 163 g/mol. The molecule has 1 nitrogen and oxygen atoms in total. The van der Waals surface area contributed by atoms with Crippen molar-refractivity contribution in [2.24, 2.45) is 5.14 Å². The fourth-order valence-electron chi connectivity index (χ4n) is 1.01. The lowest BCUT2D eigenvalue weighted by Gasteiger charge is -2.41. The molecule has 0 aliphatic heterocycles. The molecule has 0 atom stereocenters. The highest BCUT2D eigenvalue weighted by Crippen LogP contribution is 2.44. The molecule has 2 N–H and O–H groups in total. The molecule has 0 rings (SSSR count). The summed E-state index contributed by atoms with van der Waals surface area (Å²) in [4.78, 5) is 0. The molecule has 0 aromatic carbocycles. The average Bonchev–Trinajstić information content (AvgIpc) is 1.59. The molecule has 0 spiro atoms. The maximum atomic E-state index is 6.09. The van der Waals surface area contributed by atoms with Crippen LogP contribution in [0.5, 0.6) is 0 Å². The van der Waals surface area contributed by atoms with Gasteiger partial charge >= 0.3 is 0 Å². The minimum atomic E-state index is -0.363. The molecule has 0 radical (unpaired) electrons. The van der Waals surface area contributed by atoms with Gasteiger partial charge in [0.2, 0.25) is 0 Å². The van der Waals surface area contributed by atoms with Gasteiger partial charge in [-0.1, -0.05) is 41.5 Å². The highest BCUT2D eigenvalue weighted by Gasteiger charge is 2.27. The smallest absolute Gasteiger partial charge is 0.000959 e. The number of thiol groups is 1. The summed E-state index contributed by atoms with van der Waals surface area (Å²) in [6.45, 7) is 13.3. The average molecular weight is 163 g/mol. The summed E-state index contributed by atoms with van der Waals surface area (Å²) in [7, 11) is 0. The molecule has 0 saturated heterocycles. The molecule has 0 unspecified atom stereocenters. The van der Waals surface area contributed by atoms with E-state index in [1.54, 1.807) is 0 Å². The van der Waals surface area contributed by atoms with Gasteiger partial charge in [-0.25, -0.2) is 0 Å². The van der Waals surface area contributed by atoms with Crippen LogP contribution in [-0.2, 0) is 0 Å². The van der Waals surface area contributed by atoms with Crippen LogP contribution < -0.4 is 5.14 Å². The second kappa shape index (κ2) is 2.74. The Bertz CT molecular complexity index is 93.4. The number of hydrogen-bond donors (Lipinski definition) is 2. The van der Waals surface area contributed by atoms with E-state index in [0.717, 1.165) is 0 Å². The van der Waals surface area contributed by atoms with Crippen LogP contribution in [0.3, 0.4) is 0 Å². The Morgan fingerprint density at radius 1 is 0.800 bits per heavy atom. The van der Waals surface area contributed by atoms with Crippen molar-refractivity contribution >= 4 is 11.1 Å². The van der Waals surface area contributed by atoms with Crippen LogP contribution in [0.15, 0.2) is 0 Å². The van der Waals surface area contributed by atoms with Crippen molar-refractivity contribution in [2.45, 2.75) is 51.0 Å². The lowest BCUT2D eigenvalue weighted by molar-refractivity contribution is 0.725. The minimum absolute atomic E-state index is 0.285.